The van der Waals surface area contributed by atoms with Gasteiger partial charge in [-0.3, -0.25) is 9.80 Å². The van der Waals surface area contributed by atoms with Gasteiger partial charge >= 0.3 is 0 Å². The largest absolute Gasteiger partial charge is 0.300 e. The van der Waals surface area contributed by atoms with Crippen molar-refractivity contribution in [2.24, 2.45) is 0 Å². The first-order valence-corrected chi connectivity index (χ1v) is 10.3. The summed E-state index contributed by atoms with van der Waals surface area (Å²) in [6, 6.07) is 9.94. The van der Waals surface area contributed by atoms with E-state index < -0.39 is 9.84 Å². The van der Waals surface area contributed by atoms with Crippen LogP contribution in [-0.4, -0.2) is 66.9 Å². The number of fused-ring (bicyclic) bond motifs is 2. The van der Waals surface area contributed by atoms with Crippen molar-refractivity contribution in [2.45, 2.75) is 18.6 Å². The number of likely N-dealkylation sites (N-methyl/N-ethyl adjacent to an activating group) is 1. The summed E-state index contributed by atoms with van der Waals surface area (Å²) in [5, 5.41) is 1.67. The van der Waals surface area contributed by atoms with Crippen LogP contribution >= 0.6 is 11.6 Å². The third kappa shape index (κ3) is 2.92. The molecule has 2 aliphatic rings. The molecule has 5 nitrogen and oxygen atoms in total. The van der Waals surface area contributed by atoms with Crippen LogP contribution in [0.25, 0.3) is 10.9 Å². The van der Waals surface area contributed by atoms with Gasteiger partial charge in [0.15, 0.2) is 9.84 Å². The number of piperazine rings is 1. The maximum atomic E-state index is 12.1. The molecular weight excluding hydrogens is 346 g/mol. The van der Waals surface area contributed by atoms with Crippen molar-refractivity contribution in [3.63, 3.8) is 0 Å². The van der Waals surface area contributed by atoms with Crippen molar-refractivity contribution < 1.29 is 8.42 Å². The van der Waals surface area contributed by atoms with Crippen LogP contribution in [0.4, 0.5) is 0 Å². The normalized spacial score (nSPS) is 27.4. The lowest BCUT2D eigenvalue weighted by Crippen LogP contribution is -2.57. The Morgan fingerprint density at radius 1 is 1.17 bits per heavy atom. The molecule has 0 bridgehead atoms. The van der Waals surface area contributed by atoms with Crippen molar-refractivity contribution in [1.82, 2.24) is 14.8 Å². The van der Waals surface area contributed by atoms with Crippen LogP contribution in [0.1, 0.15) is 5.69 Å². The highest BCUT2D eigenvalue weighted by atomic mass is 35.5. The fraction of sp³-hybridized carbons (Fsp3) is 0.471. The maximum Gasteiger partial charge on any atom is 0.153 e. The van der Waals surface area contributed by atoms with Gasteiger partial charge in [-0.05, 0) is 19.2 Å². The molecule has 1 aromatic heterocycles. The molecule has 0 amide bonds. The van der Waals surface area contributed by atoms with Crippen LogP contribution in [0.3, 0.4) is 0 Å². The summed E-state index contributed by atoms with van der Waals surface area (Å²) < 4.78 is 24.1. The van der Waals surface area contributed by atoms with Gasteiger partial charge < -0.3 is 0 Å². The zero-order valence-electron chi connectivity index (χ0n) is 13.5. The fourth-order valence-electron chi connectivity index (χ4n) is 3.84. The smallest absolute Gasteiger partial charge is 0.153 e. The first-order valence-electron chi connectivity index (χ1n) is 8.12. The number of sulfone groups is 1. The minimum Gasteiger partial charge on any atom is -0.300 e. The van der Waals surface area contributed by atoms with E-state index >= 15 is 0 Å². The molecule has 7 heteroatoms. The second-order valence-electron chi connectivity index (χ2n) is 6.78. The molecule has 2 aromatic rings. The summed E-state index contributed by atoms with van der Waals surface area (Å²) in [6.45, 7) is 2.39. The van der Waals surface area contributed by atoms with Crippen LogP contribution in [-0.2, 0) is 16.4 Å². The molecule has 128 valence electrons. The molecule has 2 fully saturated rings. The van der Waals surface area contributed by atoms with Gasteiger partial charge in [-0.2, -0.15) is 0 Å². The van der Waals surface area contributed by atoms with E-state index in [1.54, 1.807) is 0 Å². The van der Waals surface area contributed by atoms with Crippen molar-refractivity contribution in [3.8, 4) is 0 Å². The minimum absolute atomic E-state index is 0.0532. The molecule has 2 aliphatic heterocycles. The average molecular weight is 366 g/mol. The van der Waals surface area contributed by atoms with Crippen LogP contribution in [0, 0.1) is 0 Å². The van der Waals surface area contributed by atoms with Crippen molar-refractivity contribution >= 4 is 32.3 Å². The van der Waals surface area contributed by atoms with E-state index in [0.717, 1.165) is 29.7 Å². The Balaban J connectivity index is 1.62. The van der Waals surface area contributed by atoms with Gasteiger partial charge in [0.2, 0.25) is 0 Å². The van der Waals surface area contributed by atoms with E-state index in [9.17, 15) is 8.42 Å². The molecule has 1 aromatic carbocycles. The second kappa shape index (κ2) is 5.95. The Labute approximate surface area is 147 Å². The molecule has 24 heavy (non-hydrogen) atoms. The number of pyridine rings is 1. The summed E-state index contributed by atoms with van der Waals surface area (Å²) in [6.07, 6.45) is 0. The maximum absolute atomic E-state index is 12.1. The molecule has 2 atom stereocenters. The number of hydrogen-bond acceptors (Lipinski definition) is 5. The van der Waals surface area contributed by atoms with Crippen molar-refractivity contribution in [3.05, 3.63) is 41.0 Å². The molecule has 0 radical (unpaired) electrons. The van der Waals surface area contributed by atoms with E-state index in [4.69, 9.17) is 16.6 Å². The molecule has 0 N–H and O–H groups in total. The summed E-state index contributed by atoms with van der Waals surface area (Å²) in [5.74, 6) is 0.512. The zero-order chi connectivity index (χ0) is 16.9. The van der Waals surface area contributed by atoms with Gasteiger partial charge in [0.05, 0.1) is 27.7 Å². The lowest BCUT2D eigenvalue weighted by molar-refractivity contribution is 0.0565. The van der Waals surface area contributed by atoms with Crippen LogP contribution in [0.15, 0.2) is 30.3 Å². The monoisotopic (exact) mass is 365 g/mol. The standard InChI is InChI=1S/C17H20ClN3O2S/c1-20-7-8-21(16-11-24(22,23)10-15(16)20)9-13-6-5-12-3-2-4-14(18)17(12)19-13/h2-6,15-16H,7-11H2,1H3/t15-,16+/m0/s1. The third-order valence-electron chi connectivity index (χ3n) is 5.16. The van der Waals surface area contributed by atoms with Crippen molar-refractivity contribution in [2.75, 3.05) is 31.6 Å². The summed E-state index contributed by atoms with van der Waals surface area (Å²) >= 11 is 6.26. The molecule has 0 aliphatic carbocycles. The van der Waals surface area contributed by atoms with E-state index in [2.05, 4.69) is 9.80 Å². The molecular formula is C17H20ClN3O2S. The van der Waals surface area contributed by atoms with Crippen LogP contribution < -0.4 is 0 Å². The lowest BCUT2D eigenvalue weighted by atomic mass is 10.1. The van der Waals surface area contributed by atoms with Gasteiger partial charge in [-0.1, -0.05) is 29.8 Å². The average Bonchev–Trinajstić information content (AvgIpc) is 2.87. The number of nitrogens with zero attached hydrogens (tertiary/aromatic N) is 3. The van der Waals surface area contributed by atoms with Crippen LogP contribution in [0.5, 0.6) is 0 Å². The Morgan fingerprint density at radius 2 is 1.96 bits per heavy atom. The van der Waals surface area contributed by atoms with Gasteiger partial charge in [0.25, 0.3) is 0 Å². The topological polar surface area (TPSA) is 53.5 Å². The Hall–Kier alpha value is -1.21. The number of aromatic nitrogens is 1. The van der Waals surface area contributed by atoms with E-state index in [1.807, 2.05) is 37.4 Å². The predicted molar refractivity (Wildman–Crippen MR) is 96.0 cm³/mol. The number of halogens is 1. The Bertz CT molecular complexity index is 887. The van der Waals surface area contributed by atoms with E-state index in [-0.39, 0.29) is 23.6 Å². The first kappa shape index (κ1) is 16.3. The Kier molecular flexibility index (Phi) is 4.03. The summed E-state index contributed by atoms with van der Waals surface area (Å²) in [4.78, 5) is 9.14. The zero-order valence-corrected chi connectivity index (χ0v) is 15.1. The number of hydrogen-bond donors (Lipinski definition) is 0. The van der Waals surface area contributed by atoms with Crippen LogP contribution in [0.2, 0.25) is 5.02 Å². The highest BCUT2D eigenvalue weighted by molar-refractivity contribution is 7.91. The van der Waals surface area contributed by atoms with Gasteiger partial charge in [-0.15, -0.1) is 0 Å². The summed E-state index contributed by atoms with van der Waals surface area (Å²) in [7, 11) is -0.935. The fourth-order valence-corrected chi connectivity index (χ4v) is 6.15. The molecule has 0 unspecified atom stereocenters. The van der Waals surface area contributed by atoms with E-state index in [0.29, 0.717) is 11.6 Å². The molecule has 0 saturated carbocycles. The third-order valence-corrected chi connectivity index (χ3v) is 7.17. The van der Waals surface area contributed by atoms with Gasteiger partial charge in [0.1, 0.15) is 0 Å². The summed E-state index contributed by atoms with van der Waals surface area (Å²) in [5.41, 5.74) is 1.74. The van der Waals surface area contributed by atoms with E-state index in [1.165, 1.54) is 0 Å². The quantitative estimate of drug-likeness (QED) is 0.812. The first-order chi connectivity index (χ1) is 11.4. The SMILES string of the molecule is CN1CCN(Cc2ccc3cccc(Cl)c3n2)[C@@H]2CS(=O)(=O)C[C@@H]21. The van der Waals surface area contributed by atoms with Gasteiger partial charge in [-0.25, -0.2) is 13.4 Å². The predicted octanol–water partition coefficient (Wildman–Crippen LogP) is 1.80. The Morgan fingerprint density at radius 3 is 2.79 bits per heavy atom. The number of para-hydroxylation sites is 1. The minimum atomic E-state index is -2.95. The number of benzene rings is 1. The molecule has 3 heterocycles. The number of rotatable bonds is 2. The lowest BCUT2D eigenvalue weighted by Gasteiger charge is -2.42. The van der Waals surface area contributed by atoms with Gasteiger partial charge in [0, 0.05) is 37.1 Å². The molecule has 2 saturated heterocycles. The molecule has 4 rings (SSSR count). The second-order valence-corrected chi connectivity index (χ2v) is 9.34. The molecule has 0 spiro atoms. The highest BCUT2D eigenvalue weighted by Crippen LogP contribution is 2.28. The highest BCUT2D eigenvalue weighted by Gasteiger charge is 2.45. The van der Waals surface area contributed by atoms with Crippen molar-refractivity contribution in [1.29, 1.82) is 0 Å².